The molecule has 1 heterocycles. The summed E-state index contributed by atoms with van der Waals surface area (Å²) in [6, 6.07) is 7.74. The van der Waals surface area contributed by atoms with Gasteiger partial charge in [-0.1, -0.05) is 6.07 Å². The van der Waals surface area contributed by atoms with Crippen LogP contribution in [0, 0.1) is 6.92 Å². The van der Waals surface area contributed by atoms with Crippen LogP contribution in [0.2, 0.25) is 0 Å². The van der Waals surface area contributed by atoms with E-state index in [2.05, 4.69) is 26.6 Å². The molecule has 18 heavy (non-hydrogen) atoms. The summed E-state index contributed by atoms with van der Waals surface area (Å²) in [5.74, 6) is 0.322. The number of benzene rings is 1. The van der Waals surface area contributed by atoms with Gasteiger partial charge in [-0.05, 0) is 46.6 Å². The molecule has 1 aromatic carbocycles. The van der Waals surface area contributed by atoms with E-state index >= 15 is 0 Å². The molecule has 1 aromatic heterocycles. The van der Waals surface area contributed by atoms with E-state index in [1.807, 2.05) is 6.92 Å². The van der Waals surface area contributed by atoms with Gasteiger partial charge in [-0.15, -0.1) is 0 Å². The zero-order chi connectivity index (χ0) is 13.1. The van der Waals surface area contributed by atoms with Crippen LogP contribution in [0.1, 0.15) is 5.56 Å². The average Bonchev–Trinajstić information content (AvgIpc) is 2.69. The van der Waals surface area contributed by atoms with E-state index in [4.69, 9.17) is 4.42 Å². The number of urea groups is 1. The lowest BCUT2D eigenvalue weighted by molar-refractivity contribution is 0.261. The first-order chi connectivity index (χ1) is 8.54. The maximum absolute atomic E-state index is 11.6. The quantitative estimate of drug-likeness (QED) is 0.740. The van der Waals surface area contributed by atoms with Gasteiger partial charge >= 0.3 is 6.03 Å². The van der Waals surface area contributed by atoms with Gasteiger partial charge in [0.05, 0.1) is 5.69 Å². The first kappa shape index (κ1) is 12.5. The van der Waals surface area contributed by atoms with Crippen LogP contribution in [-0.4, -0.2) is 11.1 Å². The first-order valence-electron chi connectivity index (χ1n) is 5.17. The third-order valence-electron chi connectivity index (χ3n) is 2.21. The van der Waals surface area contributed by atoms with Gasteiger partial charge in [-0.25, -0.2) is 4.79 Å². The highest BCUT2D eigenvalue weighted by atomic mass is 79.9. The van der Waals surface area contributed by atoms with Gasteiger partial charge in [-0.3, -0.25) is 5.32 Å². The monoisotopic (exact) mass is 310 g/mol. The predicted octanol–water partition coefficient (Wildman–Crippen LogP) is 3.70. The number of nitrogens with one attached hydrogen (secondary N) is 2. The predicted molar refractivity (Wildman–Crippen MR) is 71.9 cm³/mol. The fraction of sp³-hybridized carbons (Fsp3) is 0.0833. The standard InChI is InChI=1S/C12H11BrN2O3/c1-7-2-3-9(16)8(6-7)14-12(17)15-11-5-4-10(13)18-11/h2-6,16H,1H3,(H2,14,15,17). The molecule has 0 aliphatic heterocycles. The van der Waals surface area contributed by atoms with Gasteiger partial charge in [0, 0.05) is 6.07 Å². The van der Waals surface area contributed by atoms with Gasteiger partial charge < -0.3 is 14.8 Å². The Hall–Kier alpha value is -1.95. The minimum Gasteiger partial charge on any atom is -0.506 e. The largest absolute Gasteiger partial charge is 0.506 e. The number of aromatic hydroxyl groups is 1. The molecule has 0 atom stereocenters. The van der Waals surface area contributed by atoms with Crippen LogP contribution in [0.3, 0.4) is 0 Å². The molecule has 2 amide bonds. The molecule has 0 bridgehead atoms. The van der Waals surface area contributed by atoms with Gasteiger partial charge in [0.25, 0.3) is 0 Å². The summed E-state index contributed by atoms with van der Waals surface area (Å²) < 4.78 is 5.65. The van der Waals surface area contributed by atoms with Gasteiger partial charge in [0.15, 0.2) is 4.67 Å². The molecular formula is C12H11BrN2O3. The molecule has 0 radical (unpaired) electrons. The Bertz CT molecular complexity index is 580. The molecule has 0 spiro atoms. The normalized spacial score (nSPS) is 10.1. The van der Waals surface area contributed by atoms with Crippen LogP contribution < -0.4 is 10.6 Å². The van der Waals surface area contributed by atoms with Gasteiger partial charge in [0.1, 0.15) is 5.75 Å². The molecule has 0 unspecified atom stereocenters. The SMILES string of the molecule is Cc1ccc(O)c(NC(=O)Nc2ccc(Br)o2)c1. The van der Waals surface area contributed by atoms with E-state index in [0.717, 1.165) is 5.56 Å². The summed E-state index contributed by atoms with van der Waals surface area (Å²) in [5.41, 5.74) is 1.28. The zero-order valence-electron chi connectivity index (χ0n) is 9.53. The summed E-state index contributed by atoms with van der Waals surface area (Å²) in [5, 5.41) is 14.6. The van der Waals surface area contributed by atoms with Crippen LogP contribution in [0.5, 0.6) is 5.75 Å². The van der Waals surface area contributed by atoms with Gasteiger partial charge in [0.2, 0.25) is 5.88 Å². The number of hydrogen-bond acceptors (Lipinski definition) is 3. The van der Waals surface area contributed by atoms with Crippen LogP contribution in [0.25, 0.3) is 0 Å². The van der Waals surface area contributed by atoms with Crippen molar-refractivity contribution in [2.45, 2.75) is 6.92 Å². The Labute approximate surface area is 112 Å². The van der Waals surface area contributed by atoms with E-state index in [0.29, 0.717) is 16.2 Å². The molecule has 2 aromatic rings. The summed E-state index contributed by atoms with van der Waals surface area (Å²) >= 11 is 3.13. The third kappa shape index (κ3) is 3.04. The fourth-order valence-electron chi connectivity index (χ4n) is 1.40. The van der Waals surface area contributed by atoms with Crippen LogP contribution in [-0.2, 0) is 0 Å². The molecule has 0 fully saturated rings. The Morgan fingerprint density at radius 2 is 2.06 bits per heavy atom. The molecule has 94 valence electrons. The number of halogens is 1. The summed E-state index contributed by atoms with van der Waals surface area (Å²) in [7, 11) is 0. The van der Waals surface area contributed by atoms with Crippen molar-refractivity contribution in [3.63, 3.8) is 0 Å². The van der Waals surface area contributed by atoms with E-state index in [1.165, 1.54) is 6.07 Å². The number of phenols is 1. The lowest BCUT2D eigenvalue weighted by Crippen LogP contribution is -2.19. The van der Waals surface area contributed by atoms with Crippen molar-refractivity contribution in [3.8, 4) is 5.75 Å². The molecule has 0 saturated heterocycles. The number of carbonyl (C=O) groups is 1. The van der Waals surface area contributed by atoms with Crippen LogP contribution >= 0.6 is 15.9 Å². The third-order valence-corrected chi connectivity index (χ3v) is 2.64. The second-order valence-electron chi connectivity index (χ2n) is 3.70. The molecule has 2 rings (SSSR count). The minimum atomic E-state index is -0.488. The lowest BCUT2D eigenvalue weighted by Gasteiger charge is -2.08. The highest BCUT2D eigenvalue weighted by Crippen LogP contribution is 2.24. The molecule has 0 aliphatic carbocycles. The molecule has 0 saturated carbocycles. The Kier molecular flexibility index (Phi) is 3.57. The number of furan rings is 1. The number of carbonyl (C=O) groups excluding carboxylic acids is 1. The smallest absolute Gasteiger partial charge is 0.326 e. The minimum absolute atomic E-state index is 0.0105. The van der Waals surface area contributed by atoms with Crippen molar-refractivity contribution in [3.05, 3.63) is 40.6 Å². The van der Waals surface area contributed by atoms with Crippen molar-refractivity contribution in [2.75, 3.05) is 10.6 Å². The molecular weight excluding hydrogens is 300 g/mol. The van der Waals surface area contributed by atoms with Crippen LogP contribution in [0.4, 0.5) is 16.4 Å². The van der Waals surface area contributed by atoms with E-state index in [1.54, 1.807) is 24.3 Å². The van der Waals surface area contributed by atoms with E-state index < -0.39 is 6.03 Å². The van der Waals surface area contributed by atoms with Crippen molar-refractivity contribution in [2.24, 2.45) is 0 Å². The fourth-order valence-corrected chi connectivity index (χ4v) is 1.70. The first-order valence-corrected chi connectivity index (χ1v) is 5.97. The number of anilines is 2. The highest BCUT2D eigenvalue weighted by Gasteiger charge is 2.08. The molecule has 3 N–H and O–H groups in total. The Morgan fingerprint density at radius 1 is 1.28 bits per heavy atom. The number of rotatable bonds is 2. The second-order valence-corrected chi connectivity index (χ2v) is 4.49. The number of aryl methyl sites for hydroxylation is 1. The van der Waals surface area contributed by atoms with Crippen molar-refractivity contribution in [1.82, 2.24) is 0 Å². The lowest BCUT2D eigenvalue weighted by atomic mass is 10.2. The average molecular weight is 311 g/mol. The summed E-state index contributed by atoms with van der Waals surface area (Å²) in [4.78, 5) is 11.6. The van der Waals surface area contributed by atoms with Crippen LogP contribution in [0.15, 0.2) is 39.4 Å². The summed E-state index contributed by atoms with van der Waals surface area (Å²) in [6.45, 7) is 1.87. The molecule has 6 heteroatoms. The number of hydrogen-bond donors (Lipinski definition) is 3. The van der Waals surface area contributed by atoms with Crippen molar-refractivity contribution >= 4 is 33.5 Å². The second kappa shape index (κ2) is 5.14. The summed E-state index contributed by atoms with van der Waals surface area (Å²) in [6.07, 6.45) is 0. The van der Waals surface area contributed by atoms with Gasteiger partial charge in [-0.2, -0.15) is 0 Å². The Balaban J connectivity index is 2.05. The topological polar surface area (TPSA) is 74.5 Å². The van der Waals surface area contributed by atoms with Crippen molar-refractivity contribution < 1.29 is 14.3 Å². The van der Waals surface area contributed by atoms with Crippen molar-refractivity contribution in [1.29, 1.82) is 0 Å². The van der Waals surface area contributed by atoms with E-state index in [9.17, 15) is 9.90 Å². The maximum Gasteiger partial charge on any atom is 0.326 e. The number of phenolic OH excluding ortho intramolecular Hbond substituents is 1. The highest BCUT2D eigenvalue weighted by molar-refractivity contribution is 9.10. The zero-order valence-corrected chi connectivity index (χ0v) is 11.1. The molecule has 0 aliphatic rings. The number of amides is 2. The van der Waals surface area contributed by atoms with E-state index in [-0.39, 0.29) is 5.75 Å². The Morgan fingerprint density at radius 3 is 2.72 bits per heavy atom. The molecule has 5 nitrogen and oxygen atoms in total. The maximum atomic E-state index is 11.6.